The fraction of sp³-hybridized carbons (Fsp3) is 0.562. The quantitative estimate of drug-likeness (QED) is 0.848. The third kappa shape index (κ3) is 3.51. The molecular weight excluding hydrogens is 294 g/mol. The van der Waals surface area contributed by atoms with E-state index in [2.05, 4.69) is 33.9 Å². The van der Waals surface area contributed by atoms with Crippen molar-refractivity contribution in [3.05, 3.63) is 39.9 Å². The minimum absolute atomic E-state index is 0.389. The zero-order chi connectivity index (χ0) is 15.5. The molecule has 1 aliphatic rings. The number of aromatic nitrogens is 3. The highest BCUT2D eigenvalue weighted by molar-refractivity contribution is 7.09. The second-order valence-corrected chi connectivity index (χ2v) is 7.10. The molecule has 0 saturated carbocycles. The zero-order valence-electron chi connectivity index (χ0n) is 13.5. The Morgan fingerprint density at radius 2 is 2.23 bits per heavy atom. The molecule has 2 aromatic heterocycles. The first-order valence-electron chi connectivity index (χ1n) is 7.73. The van der Waals surface area contributed by atoms with Crippen LogP contribution in [0.2, 0.25) is 0 Å². The summed E-state index contributed by atoms with van der Waals surface area (Å²) < 4.78 is 0. The largest absolute Gasteiger partial charge is 0.305 e. The average molecular weight is 317 g/mol. The van der Waals surface area contributed by atoms with Crippen molar-refractivity contribution < 1.29 is 0 Å². The number of rotatable bonds is 5. The van der Waals surface area contributed by atoms with Crippen molar-refractivity contribution in [2.75, 3.05) is 20.6 Å². The van der Waals surface area contributed by atoms with Gasteiger partial charge in [0.05, 0.1) is 18.3 Å². The maximum atomic E-state index is 4.79. The summed E-state index contributed by atoms with van der Waals surface area (Å²) in [6.07, 6.45) is 6.28. The van der Waals surface area contributed by atoms with Crippen LogP contribution in [0.1, 0.15) is 41.0 Å². The van der Waals surface area contributed by atoms with E-state index in [0.29, 0.717) is 6.04 Å². The predicted molar refractivity (Wildman–Crippen MR) is 88.7 cm³/mol. The Bertz CT molecular complexity index is 611. The highest BCUT2D eigenvalue weighted by Gasteiger charge is 2.29. The van der Waals surface area contributed by atoms with Crippen LogP contribution in [0.15, 0.2) is 17.8 Å². The SMILES string of the molecule is Cc1ncc(CN(C)C)c(C2CCCN2Cc2nccs2)n1. The molecule has 0 bridgehead atoms. The van der Waals surface area contributed by atoms with Crippen molar-refractivity contribution in [3.8, 4) is 0 Å². The molecular formula is C16H23N5S. The Kier molecular flexibility index (Phi) is 4.81. The van der Waals surface area contributed by atoms with Crippen molar-refractivity contribution in [2.24, 2.45) is 0 Å². The third-order valence-electron chi connectivity index (χ3n) is 4.01. The van der Waals surface area contributed by atoms with Gasteiger partial charge in [0.25, 0.3) is 0 Å². The van der Waals surface area contributed by atoms with Gasteiger partial charge in [-0.2, -0.15) is 0 Å². The monoisotopic (exact) mass is 317 g/mol. The predicted octanol–water partition coefficient (Wildman–Crippen LogP) is 2.64. The molecule has 1 saturated heterocycles. The number of hydrogen-bond donors (Lipinski definition) is 0. The molecule has 0 amide bonds. The topological polar surface area (TPSA) is 45.2 Å². The van der Waals surface area contributed by atoms with Gasteiger partial charge in [0.15, 0.2) is 0 Å². The molecule has 5 nitrogen and oxygen atoms in total. The first kappa shape index (κ1) is 15.5. The molecule has 0 N–H and O–H groups in total. The minimum atomic E-state index is 0.389. The summed E-state index contributed by atoms with van der Waals surface area (Å²) in [5.74, 6) is 0.860. The summed E-state index contributed by atoms with van der Waals surface area (Å²) in [5, 5.41) is 3.24. The zero-order valence-corrected chi connectivity index (χ0v) is 14.3. The molecule has 1 fully saturated rings. The summed E-state index contributed by atoms with van der Waals surface area (Å²) in [7, 11) is 4.18. The van der Waals surface area contributed by atoms with Gasteiger partial charge in [-0.05, 0) is 40.4 Å². The van der Waals surface area contributed by atoms with Crippen LogP contribution in [0.5, 0.6) is 0 Å². The smallest absolute Gasteiger partial charge is 0.125 e. The van der Waals surface area contributed by atoms with Gasteiger partial charge in [0, 0.05) is 29.9 Å². The third-order valence-corrected chi connectivity index (χ3v) is 4.77. The van der Waals surface area contributed by atoms with Crippen LogP contribution in [-0.4, -0.2) is 45.4 Å². The normalized spacial score (nSPS) is 19.2. The molecule has 1 aliphatic heterocycles. The van der Waals surface area contributed by atoms with Crippen molar-refractivity contribution in [1.29, 1.82) is 0 Å². The van der Waals surface area contributed by atoms with Gasteiger partial charge in [0.2, 0.25) is 0 Å². The first-order chi connectivity index (χ1) is 10.6. The summed E-state index contributed by atoms with van der Waals surface area (Å²) in [6, 6.07) is 0.389. The van der Waals surface area contributed by atoms with Gasteiger partial charge >= 0.3 is 0 Å². The van der Waals surface area contributed by atoms with E-state index >= 15 is 0 Å². The van der Waals surface area contributed by atoms with Gasteiger partial charge in [-0.15, -0.1) is 11.3 Å². The van der Waals surface area contributed by atoms with E-state index in [9.17, 15) is 0 Å². The maximum Gasteiger partial charge on any atom is 0.125 e. The molecule has 22 heavy (non-hydrogen) atoms. The van der Waals surface area contributed by atoms with Gasteiger partial charge in [-0.1, -0.05) is 0 Å². The van der Waals surface area contributed by atoms with E-state index in [4.69, 9.17) is 4.98 Å². The lowest BCUT2D eigenvalue weighted by atomic mass is 10.1. The molecule has 6 heteroatoms. The Hall–Kier alpha value is -1.37. The van der Waals surface area contributed by atoms with Crippen LogP contribution >= 0.6 is 11.3 Å². The van der Waals surface area contributed by atoms with Crippen LogP contribution < -0.4 is 0 Å². The van der Waals surface area contributed by atoms with E-state index in [0.717, 1.165) is 25.5 Å². The van der Waals surface area contributed by atoms with Crippen LogP contribution in [0.3, 0.4) is 0 Å². The number of nitrogens with zero attached hydrogens (tertiary/aromatic N) is 5. The van der Waals surface area contributed by atoms with Gasteiger partial charge in [0.1, 0.15) is 10.8 Å². The summed E-state index contributed by atoms with van der Waals surface area (Å²) in [4.78, 5) is 18.3. The van der Waals surface area contributed by atoms with Crippen molar-refractivity contribution in [1.82, 2.24) is 24.8 Å². The Balaban J connectivity index is 1.86. The molecule has 118 valence electrons. The van der Waals surface area contributed by atoms with Crippen LogP contribution in [-0.2, 0) is 13.1 Å². The van der Waals surface area contributed by atoms with E-state index < -0.39 is 0 Å². The van der Waals surface area contributed by atoms with Crippen molar-refractivity contribution >= 4 is 11.3 Å². The van der Waals surface area contributed by atoms with Crippen molar-refractivity contribution in [3.63, 3.8) is 0 Å². The van der Waals surface area contributed by atoms with Crippen molar-refractivity contribution in [2.45, 2.75) is 38.9 Å². The fourth-order valence-electron chi connectivity index (χ4n) is 3.09. The highest BCUT2D eigenvalue weighted by atomic mass is 32.1. The second kappa shape index (κ2) is 6.81. The molecule has 3 heterocycles. The van der Waals surface area contributed by atoms with Crippen LogP contribution in [0, 0.1) is 6.92 Å². The fourth-order valence-corrected chi connectivity index (χ4v) is 3.73. The Morgan fingerprint density at radius 3 is 2.95 bits per heavy atom. The minimum Gasteiger partial charge on any atom is -0.305 e. The van der Waals surface area contributed by atoms with E-state index in [1.807, 2.05) is 24.7 Å². The molecule has 0 aliphatic carbocycles. The molecule has 3 rings (SSSR count). The average Bonchev–Trinajstić information content (AvgIpc) is 3.12. The standard InChI is InChI=1S/C16H23N5S/c1-12-18-9-13(10-20(2)3)16(19-12)14-5-4-7-21(14)11-15-17-6-8-22-15/h6,8-9,14H,4-5,7,10-11H2,1-3H3. The van der Waals surface area contributed by atoms with Gasteiger partial charge < -0.3 is 4.90 Å². The van der Waals surface area contributed by atoms with Gasteiger partial charge in [-0.3, -0.25) is 4.90 Å². The lowest BCUT2D eigenvalue weighted by Gasteiger charge is -2.25. The lowest BCUT2D eigenvalue weighted by Crippen LogP contribution is -2.26. The summed E-state index contributed by atoms with van der Waals surface area (Å²) in [5.41, 5.74) is 2.45. The van der Waals surface area contributed by atoms with E-state index in [1.165, 1.54) is 29.1 Å². The highest BCUT2D eigenvalue weighted by Crippen LogP contribution is 2.34. The van der Waals surface area contributed by atoms with Gasteiger partial charge in [-0.25, -0.2) is 15.0 Å². The second-order valence-electron chi connectivity index (χ2n) is 6.12. The number of aryl methyl sites for hydroxylation is 1. The Morgan fingerprint density at radius 1 is 1.36 bits per heavy atom. The number of thiazole rings is 1. The molecule has 2 aromatic rings. The molecule has 1 unspecified atom stereocenters. The maximum absolute atomic E-state index is 4.79. The summed E-state index contributed by atoms with van der Waals surface area (Å²) >= 11 is 1.73. The Labute approximate surface area is 136 Å². The lowest BCUT2D eigenvalue weighted by molar-refractivity contribution is 0.241. The summed E-state index contributed by atoms with van der Waals surface area (Å²) in [6.45, 7) is 4.90. The molecule has 0 aromatic carbocycles. The van der Waals surface area contributed by atoms with E-state index in [1.54, 1.807) is 11.3 Å². The van der Waals surface area contributed by atoms with Crippen LogP contribution in [0.25, 0.3) is 0 Å². The van der Waals surface area contributed by atoms with Crippen LogP contribution in [0.4, 0.5) is 0 Å². The molecule has 0 spiro atoms. The molecule has 1 atom stereocenters. The first-order valence-corrected chi connectivity index (χ1v) is 8.61. The number of hydrogen-bond acceptors (Lipinski definition) is 6. The van der Waals surface area contributed by atoms with E-state index in [-0.39, 0.29) is 0 Å². The number of likely N-dealkylation sites (tertiary alicyclic amines) is 1. The molecule has 0 radical (unpaired) electrons.